The first-order valence-corrected chi connectivity index (χ1v) is 6.10. The monoisotopic (exact) mass is 213 g/mol. The van der Waals surface area contributed by atoms with Gasteiger partial charge in [0, 0.05) is 19.6 Å². The minimum absolute atomic E-state index is 0.187. The summed E-state index contributed by atoms with van der Waals surface area (Å²) < 4.78 is 0. The van der Waals surface area contributed by atoms with Gasteiger partial charge in [-0.3, -0.25) is 4.79 Å². The molecule has 0 saturated heterocycles. The van der Waals surface area contributed by atoms with Crippen molar-refractivity contribution < 1.29 is 9.90 Å². The van der Waals surface area contributed by atoms with Crippen LogP contribution in [0.4, 0.5) is 0 Å². The van der Waals surface area contributed by atoms with Crippen LogP contribution < -0.4 is 5.32 Å². The molecule has 0 radical (unpaired) electrons. The van der Waals surface area contributed by atoms with E-state index in [1.165, 1.54) is 25.7 Å². The summed E-state index contributed by atoms with van der Waals surface area (Å²) in [7, 11) is 0. The van der Waals surface area contributed by atoms with Crippen LogP contribution in [0.2, 0.25) is 0 Å². The standard InChI is InChI=1S/C12H23NO2/c1-10(6-7-14)9-13-12(15)8-11-4-2-3-5-11/h10-11,14H,2-9H2,1H3,(H,13,15). The second-order valence-corrected chi connectivity index (χ2v) is 4.78. The molecule has 0 bridgehead atoms. The average Bonchev–Trinajstić information content (AvgIpc) is 2.68. The van der Waals surface area contributed by atoms with E-state index in [0.29, 0.717) is 24.8 Å². The Morgan fingerprint density at radius 1 is 1.47 bits per heavy atom. The highest BCUT2D eigenvalue weighted by atomic mass is 16.3. The summed E-state index contributed by atoms with van der Waals surface area (Å²) in [4.78, 5) is 11.5. The summed E-state index contributed by atoms with van der Waals surface area (Å²) in [6.45, 7) is 2.96. The molecule has 3 nitrogen and oxygen atoms in total. The molecule has 0 spiro atoms. The van der Waals surface area contributed by atoms with Crippen LogP contribution in [0, 0.1) is 11.8 Å². The summed E-state index contributed by atoms with van der Waals surface area (Å²) in [5.74, 6) is 1.19. The van der Waals surface area contributed by atoms with Crippen LogP contribution >= 0.6 is 0 Å². The maximum Gasteiger partial charge on any atom is 0.220 e. The highest BCUT2D eigenvalue weighted by Crippen LogP contribution is 2.27. The molecule has 88 valence electrons. The Morgan fingerprint density at radius 3 is 2.73 bits per heavy atom. The van der Waals surface area contributed by atoms with Crippen LogP contribution in [0.25, 0.3) is 0 Å². The third-order valence-electron chi connectivity index (χ3n) is 3.22. The number of aliphatic hydroxyl groups excluding tert-OH is 1. The molecule has 0 aromatic rings. The van der Waals surface area contributed by atoms with E-state index >= 15 is 0 Å². The second kappa shape index (κ2) is 6.83. The first-order valence-electron chi connectivity index (χ1n) is 6.10. The topological polar surface area (TPSA) is 49.3 Å². The van der Waals surface area contributed by atoms with E-state index in [-0.39, 0.29) is 12.5 Å². The summed E-state index contributed by atoms with van der Waals surface area (Å²) in [5.41, 5.74) is 0. The molecule has 1 aliphatic carbocycles. The predicted molar refractivity (Wildman–Crippen MR) is 60.5 cm³/mol. The smallest absolute Gasteiger partial charge is 0.220 e. The Morgan fingerprint density at radius 2 is 2.13 bits per heavy atom. The van der Waals surface area contributed by atoms with E-state index in [4.69, 9.17) is 5.11 Å². The van der Waals surface area contributed by atoms with Gasteiger partial charge >= 0.3 is 0 Å². The Hall–Kier alpha value is -0.570. The normalized spacial score (nSPS) is 19.1. The molecule has 0 aromatic heterocycles. The number of carbonyl (C=O) groups is 1. The van der Waals surface area contributed by atoms with E-state index in [2.05, 4.69) is 5.32 Å². The van der Waals surface area contributed by atoms with Crippen molar-refractivity contribution in [3.63, 3.8) is 0 Å². The van der Waals surface area contributed by atoms with E-state index in [1.807, 2.05) is 6.92 Å². The number of hydrogen-bond acceptors (Lipinski definition) is 2. The van der Waals surface area contributed by atoms with Crippen LogP contribution in [0.1, 0.15) is 45.4 Å². The van der Waals surface area contributed by atoms with Crippen LogP contribution in [0.5, 0.6) is 0 Å². The van der Waals surface area contributed by atoms with Crippen LogP contribution in [-0.2, 0) is 4.79 Å². The van der Waals surface area contributed by atoms with Gasteiger partial charge in [-0.15, -0.1) is 0 Å². The van der Waals surface area contributed by atoms with E-state index in [0.717, 1.165) is 6.42 Å². The maximum absolute atomic E-state index is 11.5. The van der Waals surface area contributed by atoms with Crippen molar-refractivity contribution in [2.45, 2.75) is 45.4 Å². The van der Waals surface area contributed by atoms with Gasteiger partial charge in [0.15, 0.2) is 0 Å². The largest absolute Gasteiger partial charge is 0.396 e. The zero-order valence-corrected chi connectivity index (χ0v) is 9.67. The van der Waals surface area contributed by atoms with Gasteiger partial charge in [0.25, 0.3) is 0 Å². The molecule has 2 N–H and O–H groups in total. The zero-order valence-electron chi connectivity index (χ0n) is 9.67. The third-order valence-corrected chi connectivity index (χ3v) is 3.22. The summed E-state index contributed by atoms with van der Waals surface area (Å²) in [5, 5.41) is 11.7. The molecule has 1 fully saturated rings. The number of carbonyl (C=O) groups excluding carboxylic acids is 1. The Balaban J connectivity index is 2.07. The van der Waals surface area contributed by atoms with Gasteiger partial charge < -0.3 is 10.4 Å². The lowest BCUT2D eigenvalue weighted by Crippen LogP contribution is -2.29. The molecule has 1 aliphatic rings. The SMILES string of the molecule is CC(CCO)CNC(=O)CC1CCCC1. The van der Waals surface area contributed by atoms with Gasteiger partial charge in [0.1, 0.15) is 0 Å². The molecule has 3 heteroatoms. The minimum atomic E-state index is 0.187. The number of hydrogen-bond donors (Lipinski definition) is 2. The highest BCUT2D eigenvalue weighted by Gasteiger charge is 2.18. The van der Waals surface area contributed by atoms with E-state index in [9.17, 15) is 4.79 Å². The lowest BCUT2D eigenvalue weighted by Gasteiger charge is -2.13. The molecule has 0 aromatic carbocycles. The first-order chi connectivity index (χ1) is 7.22. The third kappa shape index (κ3) is 5.17. The van der Waals surface area contributed by atoms with Gasteiger partial charge in [-0.2, -0.15) is 0 Å². The molecule has 1 amide bonds. The van der Waals surface area contributed by atoms with Crippen molar-refractivity contribution in [3.05, 3.63) is 0 Å². The molecule has 1 rings (SSSR count). The molecular formula is C12H23NO2. The van der Waals surface area contributed by atoms with Gasteiger partial charge in [0.2, 0.25) is 5.91 Å². The minimum Gasteiger partial charge on any atom is -0.396 e. The first kappa shape index (κ1) is 12.5. The average molecular weight is 213 g/mol. The van der Waals surface area contributed by atoms with Gasteiger partial charge in [-0.1, -0.05) is 19.8 Å². The molecule has 0 aliphatic heterocycles. The number of nitrogens with one attached hydrogen (secondary N) is 1. The van der Waals surface area contributed by atoms with Crippen molar-refractivity contribution in [2.24, 2.45) is 11.8 Å². The Labute approximate surface area is 92.3 Å². The number of amides is 1. The number of rotatable bonds is 6. The number of aliphatic hydroxyl groups is 1. The van der Waals surface area contributed by atoms with Crippen LogP contribution in [0.15, 0.2) is 0 Å². The Kier molecular flexibility index (Phi) is 5.69. The molecule has 0 heterocycles. The highest BCUT2D eigenvalue weighted by molar-refractivity contribution is 5.76. The quantitative estimate of drug-likeness (QED) is 0.705. The van der Waals surface area contributed by atoms with Crippen molar-refractivity contribution in [2.75, 3.05) is 13.2 Å². The van der Waals surface area contributed by atoms with Gasteiger partial charge in [0.05, 0.1) is 0 Å². The zero-order chi connectivity index (χ0) is 11.1. The van der Waals surface area contributed by atoms with Gasteiger partial charge in [-0.25, -0.2) is 0 Å². The molecule has 1 saturated carbocycles. The lowest BCUT2D eigenvalue weighted by atomic mass is 10.0. The van der Waals surface area contributed by atoms with Gasteiger partial charge in [-0.05, 0) is 31.1 Å². The Bertz CT molecular complexity index is 188. The molecule has 15 heavy (non-hydrogen) atoms. The molecular weight excluding hydrogens is 190 g/mol. The fourth-order valence-corrected chi connectivity index (χ4v) is 2.16. The summed E-state index contributed by atoms with van der Waals surface area (Å²) in [6.07, 6.45) is 6.49. The van der Waals surface area contributed by atoms with E-state index < -0.39 is 0 Å². The van der Waals surface area contributed by atoms with Crippen molar-refractivity contribution in [1.82, 2.24) is 5.32 Å². The molecule has 1 atom stereocenters. The van der Waals surface area contributed by atoms with Crippen molar-refractivity contribution in [3.8, 4) is 0 Å². The van der Waals surface area contributed by atoms with Crippen molar-refractivity contribution >= 4 is 5.91 Å². The lowest BCUT2D eigenvalue weighted by molar-refractivity contribution is -0.122. The fraction of sp³-hybridized carbons (Fsp3) is 0.917. The van der Waals surface area contributed by atoms with E-state index in [1.54, 1.807) is 0 Å². The summed E-state index contributed by atoms with van der Waals surface area (Å²) >= 11 is 0. The van der Waals surface area contributed by atoms with Crippen LogP contribution in [-0.4, -0.2) is 24.2 Å². The molecule has 1 unspecified atom stereocenters. The van der Waals surface area contributed by atoms with Crippen molar-refractivity contribution in [1.29, 1.82) is 0 Å². The maximum atomic E-state index is 11.5. The van der Waals surface area contributed by atoms with Crippen LogP contribution in [0.3, 0.4) is 0 Å². The summed E-state index contributed by atoms with van der Waals surface area (Å²) in [6, 6.07) is 0. The predicted octanol–water partition coefficient (Wildman–Crippen LogP) is 1.70. The second-order valence-electron chi connectivity index (χ2n) is 4.78. The fourth-order valence-electron chi connectivity index (χ4n) is 2.16.